The molecular formula is C11H9F3O. The zero-order chi connectivity index (χ0) is 11.5. The van der Waals surface area contributed by atoms with Crippen LogP contribution in [0.3, 0.4) is 0 Å². The molecule has 0 spiro atoms. The van der Waals surface area contributed by atoms with Crippen LogP contribution in [-0.4, -0.2) is 6.29 Å². The quantitative estimate of drug-likeness (QED) is 0.706. The Morgan fingerprint density at radius 2 is 2.00 bits per heavy atom. The van der Waals surface area contributed by atoms with Crippen molar-refractivity contribution in [1.82, 2.24) is 0 Å². The van der Waals surface area contributed by atoms with E-state index in [1.807, 2.05) is 0 Å². The van der Waals surface area contributed by atoms with E-state index in [2.05, 4.69) is 6.58 Å². The predicted molar refractivity (Wildman–Crippen MR) is 51.3 cm³/mol. The van der Waals surface area contributed by atoms with Gasteiger partial charge in [0.15, 0.2) is 0 Å². The van der Waals surface area contributed by atoms with Crippen LogP contribution < -0.4 is 0 Å². The summed E-state index contributed by atoms with van der Waals surface area (Å²) < 4.78 is 37.0. The van der Waals surface area contributed by atoms with Gasteiger partial charge in [0, 0.05) is 6.42 Å². The van der Waals surface area contributed by atoms with Crippen LogP contribution in [-0.2, 0) is 17.4 Å². The molecule has 15 heavy (non-hydrogen) atoms. The summed E-state index contributed by atoms with van der Waals surface area (Å²) in [5.74, 6) is 0. The number of hydrogen-bond donors (Lipinski definition) is 0. The fourth-order valence-corrected chi connectivity index (χ4v) is 1.24. The Balaban J connectivity index is 3.18. The molecule has 0 bridgehead atoms. The molecule has 0 amide bonds. The Labute approximate surface area is 85.2 Å². The normalized spacial score (nSPS) is 11.1. The number of alkyl halides is 3. The molecule has 4 heteroatoms. The molecule has 0 saturated carbocycles. The zero-order valence-electron chi connectivity index (χ0n) is 7.84. The van der Waals surface area contributed by atoms with E-state index >= 15 is 0 Å². The fraction of sp³-hybridized carbons (Fsp3) is 0.182. The molecular weight excluding hydrogens is 205 g/mol. The number of halogens is 3. The molecule has 0 atom stereocenters. The van der Waals surface area contributed by atoms with Crippen LogP contribution in [0.15, 0.2) is 24.8 Å². The second-order valence-electron chi connectivity index (χ2n) is 2.99. The lowest BCUT2D eigenvalue weighted by Gasteiger charge is -2.09. The molecule has 80 valence electrons. The van der Waals surface area contributed by atoms with E-state index in [1.165, 1.54) is 12.1 Å². The van der Waals surface area contributed by atoms with Crippen molar-refractivity contribution in [2.75, 3.05) is 0 Å². The first-order valence-corrected chi connectivity index (χ1v) is 4.25. The van der Waals surface area contributed by atoms with Gasteiger partial charge in [-0.3, -0.25) is 0 Å². The van der Waals surface area contributed by atoms with Gasteiger partial charge in [-0.1, -0.05) is 18.7 Å². The van der Waals surface area contributed by atoms with Crippen molar-refractivity contribution < 1.29 is 18.0 Å². The fourth-order valence-electron chi connectivity index (χ4n) is 1.24. The molecule has 0 aromatic heterocycles. The summed E-state index contributed by atoms with van der Waals surface area (Å²) in [5, 5.41) is 0. The zero-order valence-corrected chi connectivity index (χ0v) is 7.84. The number of hydrogen-bond acceptors (Lipinski definition) is 1. The Hall–Kier alpha value is -1.58. The molecule has 0 fully saturated rings. The summed E-state index contributed by atoms with van der Waals surface area (Å²) in [4.78, 5) is 10.3. The molecule has 0 aliphatic carbocycles. The lowest BCUT2D eigenvalue weighted by Crippen LogP contribution is -2.06. The second kappa shape index (κ2) is 4.29. The van der Waals surface area contributed by atoms with Gasteiger partial charge in [0.05, 0.1) is 5.56 Å². The lowest BCUT2D eigenvalue weighted by molar-refractivity contribution is -0.137. The largest absolute Gasteiger partial charge is 0.416 e. The molecule has 1 aromatic rings. The van der Waals surface area contributed by atoms with Crippen LogP contribution in [0.25, 0.3) is 6.08 Å². The van der Waals surface area contributed by atoms with Gasteiger partial charge in [0.25, 0.3) is 0 Å². The van der Waals surface area contributed by atoms with E-state index < -0.39 is 11.7 Å². The smallest absolute Gasteiger partial charge is 0.303 e. The third-order valence-electron chi connectivity index (χ3n) is 2.00. The van der Waals surface area contributed by atoms with Gasteiger partial charge in [0.2, 0.25) is 0 Å². The molecule has 0 aliphatic heterocycles. The maximum Gasteiger partial charge on any atom is 0.416 e. The number of benzene rings is 1. The third kappa shape index (κ3) is 2.68. The highest BCUT2D eigenvalue weighted by Crippen LogP contribution is 2.30. The number of carbonyl (C=O) groups excluding carboxylic acids is 1. The molecule has 1 rings (SSSR count). The predicted octanol–water partition coefficient (Wildman–Crippen LogP) is 3.09. The Kier molecular flexibility index (Phi) is 3.29. The molecule has 0 radical (unpaired) electrons. The van der Waals surface area contributed by atoms with Crippen LogP contribution in [0.4, 0.5) is 13.2 Å². The molecule has 0 N–H and O–H groups in total. The first-order chi connectivity index (χ1) is 6.99. The second-order valence-corrected chi connectivity index (χ2v) is 2.99. The van der Waals surface area contributed by atoms with Crippen LogP contribution in [0.2, 0.25) is 0 Å². The number of aldehydes is 1. The van der Waals surface area contributed by atoms with E-state index in [9.17, 15) is 18.0 Å². The van der Waals surface area contributed by atoms with Crippen molar-refractivity contribution >= 4 is 12.4 Å². The van der Waals surface area contributed by atoms with Crippen molar-refractivity contribution in [2.45, 2.75) is 12.6 Å². The molecule has 0 saturated heterocycles. The van der Waals surface area contributed by atoms with Crippen LogP contribution in [0, 0.1) is 0 Å². The summed E-state index contributed by atoms with van der Waals surface area (Å²) in [5.41, 5.74) is 0.164. The molecule has 0 unspecified atom stereocenters. The lowest BCUT2D eigenvalue weighted by atomic mass is 10.0. The summed E-state index contributed by atoms with van der Waals surface area (Å²) in [6, 6.07) is 3.26. The van der Waals surface area contributed by atoms with Gasteiger partial charge in [-0.25, -0.2) is 0 Å². The van der Waals surface area contributed by atoms with Gasteiger partial charge in [-0.2, -0.15) is 13.2 Å². The Bertz CT molecular complexity index is 380. The molecule has 1 aromatic carbocycles. The topological polar surface area (TPSA) is 17.1 Å². The van der Waals surface area contributed by atoms with Crippen LogP contribution in [0.1, 0.15) is 16.7 Å². The first-order valence-electron chi connectivity index (χ1n) is 4.25. The van der Waals surface area contributed by atoms with Crippen molar-refractivity contribution in [3.63, 3.8) is 0 Å². The van der Waals surface area contributed by atoms with Crippen LogP contribution >= 0.6 is 0 Å². The molecule has 0 aliphatic rings. The summed E-state index contributed by atoms with van der Waals surface area (Å²) in [7, 11) is 0. The highest BCUT2D eigenvalue weighted by atomic mass is 19.4. The summed E-state index contributed by atoms with van der Waals surface area (Å²) in [6.07, 6.45) is -2.30. The van der Waals surface area contributed by atoms with Crippen molar-refractivity contribution in [1.29, 1.82) is 0 Å². The van der Waals surface area contributed by atoms with E-state index in [0.717, 1.165) is 12.1 Å². The maximum absolute atomic E-state index is 12.3. The van der Waals surface area contributed by atoms with Crippen molar-refractivity contribution in [2.24, 2.45) is 0 Å². The van der Waals surface area contributed by atoms with E-state index in [4.69, 9.17) is 0 Å². The molecule has 1 nitrogen and oxygen atoms in total. The van der Waals surface area contributed by atoms with E-state index in [0.29, 0.717) is 17.4 Å². The van der Waals surface area contributed by atoms with E-state index in [1.54, 1.807) is 0 Å². The maximum atomic E-state index is 12.3. The van der Waals surface area contributed by atoms with E-state index in [-0.39, 0.29) is 6.42 Å². The summed E-state index contributed by atoms with van der Waals surface area (Å²) >= 11 is 0. The average molecular weight is 214 g/mol. The average Bonchev–Trinajstić information content (AvgIpc) is 2.17. The molecule has 0 heterocycles. The highest BCUT2D eigenvalue weighted by Gasteiger charge is 2.30. The van der Waals surface area contributed by atoms with Gasteiger partial charge >= 0.3 is 6.18 Å². The third-order valence-corrected chi connectivity index (χ3v) is 2.00. The highest BCUT2D eigenvalue weighted by molar-refractivity contribution is 5.62. The van der Waals surface area contributed by atoms with Gasteiger partial charge in [-0.05, 0) is 23.3 Å². The minimum atomic E-state index is -4.36. The minimum absolute atomic E-state index is 0.0967. The number of rotatable bonds is 3. The Morgan fingerprint density at radius 3 is 2.47 bits per heavy atom. The van der Waals surface area contributed by atoms with Crippen molar-refractivity contribution in [3.8, 4) is 0 Å². The summed E-state index contributed by atoms with van der Waals surface area (Å²) in [6.45, 7) is 3.41. The van der Waals surface area contributed by atoms with Gasteiger partial charge in [-0.15, -0.1) is 0 Å². The number of carbonyl (C=O) groups is 1. The van der Waals surface area contributed by atoms with Crippen molar-refractivity contribution in [3.05, 3.63) is 41.5 Å². The monoisotopic (exact) mass is 214 g/mol. The standard InChI is InChI=1S/C11H9F3O/c1-2-8-7-10(11(12,13)14)4-3-9(8)5-6-15/h2-4,6-7H,1,5H2. The first kappa shape index (κ1) is 11.5. The SMILES string of the molecule is C=Cc1cc(C(F)(F)F)ccc1CC=O. The van der Waals surface area contributed by atoms with Gasteiger partial charge in [0.1, 0.15) is 6.29 Å². The van der Waals surface area contributed by atoms with Gasteiger partial charge < -0.3 is 4.79 Å². The van der Waals surface area contributed by atoms with Crippen LogP contribution in [0.5, 0.6) is 0 Å². The minimum Gasteiger partial charge on any atom is -0.303 e. The Morgan fingerprint density at radius 1 is 1.33 bits per heavy atom.